The first-order valence-electron chi connectivity index (χ1n) is 12.4. The lowest BCUT2D eigenvalue weighted by Gasteiger charge is -2.38. The number of hydrogen-bond acceptors (Lipinski definition) is 4. The zero-order valence-corrected chi connectivity index (χ0v) is 20.5. The van der Waals surface area contributed by atoms with Crippen LogP contribution in [0.1, 0.15) is 37.3 Å². The topological polar surface area (TPSA) is 52.8 Å². The highest BCUT2D eigenvalue weighted by Crippen LogP contribution is 2.31. The molecule has 0 bridgehead atoms. The third kappa shape index (κ3) is 6.72. The maximum absolute atomic E-state index is 13.0. The van der Waals surface area contributed by atoms with Crippen molar-refractivity contribution in [2.75, 3.05) is 44.2 Å². The number of piperazine rings is 1. The molecule has 2 aromatic carbocycles. The predicted molar refractivity (Wildman–Crippen MR) is 137 cm³/mol. The number of nitrogens with two attached hydrogens (primary N) is 1. The van der Waals surface area contributed by atoms with Crippen molar-refractivity contribution in [3.05, 3.63) is 64.7 Å². The van der Waals surface area contributed by atoms with Gasteiger partial charge in [-0.2, -0.15) is 0 Å². The van der Waals surface area contributed by atoms with E-state index in [0.717, 1.165) is 37.7 Å². The molecule has 6 heteroatoms. The van der Waals surface area contributed by atoms with E-state index in [-0.39, 0.29) is 5.91 Å². The van der Waals surface area contributed by atoms with Gasteiger partial charge in [-0.1, -0.05) is 48.9 Å². The fourth-order valence-corrected chi connectivity index (χ4v) is 4.90. The lowest BCUT2D eigenvalue weighted by atomic mass is 10.0. The number of halogens is 1. The normalized spacial score (nSPS) is 17.5. The predicted octanol–water partition coefficient (Wildman–Crippen LogP) is 4.18. The highest BCUT2D eigenvalue weighted by molar-refractivity contribution is 6.30. The van der Waals surface area contributed by atoms with E-state index in [9.17, 15) is 4.79 Å². The van der Waals surface area contributed by atoms with E-state index in [2.05, 4.69) is 41.0 Å². The van der Waals surface area contributed by atoms with E-state index in [1.165, 1.54) is 37.1 Å². The van der Waals surface area contributed by atoms with Crippen LogP contribution in [0.5, 0.6) is 0 Å². The molecule has 1 unspecified atom stereocenters. The van der Waals surface area contributed by atoms with Crippen LogP contribution in [0.3, 0.4) is 0 Å². The Hall–Kier alpha value is -2.08. The van der Waals surface area contributed by atoms with Crippen LogP contribution >= 0.6 is 11.6 Å². The summed E-state index contributed by atoms with van der Waals surface area (Å²) in [7, 11) is 0. The van der Waals surface area contributed by atoms with Crippen LogP contribution in [0.4, 0.5) is 5.69 Å². The Balaban J connectivity index is 1.33. The zero-order valence-electron chi connectivity index (χ0n) is 19.8. The van der Waals surface area contributed by atoms with Crippen LogP contribution in [-0.4, -0.2) is 61.0 Å². The van der Waals surface area contributed by atoms with Gasteiger partial charge in [0.25, 0.3) is 0 Å². The third-order valence-electron chi connectivity index (χ3n) is 6.76. The zero-order chi connectivity index (χ0) is 23.2. The molecule has 1 saturated heterocycles. The molecule has 2 fully saturated rings. The summed E-state index contributed by atoms with van der Waals surface area (Å²) in [6, 6.07) is 15.8. The number of hydrogen-bond donors (Lipinski definition) is 1. The van der Waals surface area contributed by atoms with Crippen LogP contribution in [0.2, 0.25) is 5.02 Å². The minimum atomic E-state index is -0.518. The molecule has 1 saturated carbocycles. The van der Waals surface area contributed by atoms with Gasteiger partial charge in [0.2, 0.25) is 5.91 Å². The van der Waals surface area contributed by atoms with Crippen LogP contribution < -0.4 is 10.6 Å². The Bertz CT molecular complexity index is 907. The summed E-state index contributed by atoms with van der Waals surface area (Å²) in [6.07, 6.45) is 4.50. The van der Waals surface area contributed by atoms with Gasteiger partial charge in [-0.05, 0) is 67.5 Å². The third-order valence-corrected chi connectivity index (χ3v) is 7.01. The molecule has 5 nitrogen and oxygen atoms in total. The number of para-hydroxylation sites is 1. The molecule has 2 N–H and O–H groups in total. The number of amides is 1. The molecule has 1 heterocycles. The van der Waals surface area contributed by atoms with Gasteiger partial charge in [-0.15, -0.1) is 0 Å². The average Bonchev–Trinajstić information content (AvgIpc) is 3.65. The Kier molecular flexibility index (Phi) is 8.29. The Morgan fingerprint density at radius 3 is 2.45 bits per heavy atom. The molecule has 1 aliphatic heterocycles. The van der Waals surface area contributed by atoms with Crippen molar-refractivity contribution in [1.29, 1.82) is 0 Å². The molecule has 4 rings (SSSR count). The van der Waals surface area contributed by atoms with E-state index in [1.54, 1.807) is 0 Å². The van der Waals surface area contributed by atoms with Crippen molar-refractivity contribution >= 4 is 23.2 Å². The smallest absolute Gasteiger partial charge is 0.239 e. The summed E-state index contributed by atoms with van der Waals surface area (Å²) >= 11 is 5.96. The maximum atomic E-state index is 13.0. The van der Waals surface area contributed by atoms with Gasteiger partial charge >= 0.3 is 0 Å². The summed E-state index contributed by atoms with van der Waals surface area (Å²) in [5, 5.41) is 0.695. The molecule has 0 aromatic heterocycles. The molecule has 1 aliphatic carbocycles. The van der Waals surface area contributed by atoms with Crippen molar-refractivity contribution in [2.24, 2.45) is 11.7 Å². The largest absolute Gasteiger partial charge is 0.368 e. The van der Waals surface area contributed by atoms with E-state index in [1.807, 2.05) is 29.2 Å². The molecule has 2 aliphatic rings. The molecule has 1 atom stereocenters. The van der Waals surface area contributed by atoms with E-state index in [4.69, 9.17) is 17.3 Å². The van der Waals surface area contributed by atoms with Crippen molar-refractivity contribution < 1.29 is 4.79 Å². The highest BCUT2D eigenvalue weighted by Gasteiger charge is 2.27. The van der Waals surface area contributed by atoms with Gasteiger partial charge in [-0.25, -0.2) is 0 Å². The summed E-state index contributed by atoms with van der Waals surface area (Å²) in [4.78, 5) is 19.9. The summed E-state index contributed by atoms with van der Waals surface area (Å²) in [5.74, 6) is 0.937. The van der Waals surface area contributed by atoms with Gasteiger partial charge in [0.1, 0.15) is 0 Å². The van der Waals surface area contributed by atoms with Gasteiger partial charge in [-0.3, -0.25) is 9.69 Å². The number of anilines is 1. The van der Waals surface area contributed by atoms with Crippen molar-refractivity contribution in [2.45, 2.75) is 45.2 Å². The number of carbonyl (C=O) groups excluding carboxylic acids is 1. The first-order valence-corrected chi connectivity index (χ1v) is 12.7. The number of benzene rings is 2. The first kappa shape index (κ1) is 24.1. The second-order valence-electron chi connectivity index (χ2n) is 9.56. The molecule has 0 radical (unpaired) electrons. The second-order valence-corrected chi connectivity index (χ2v) is 9.99. The van der Waals surface area contributed by atoms with Gasteiger partial charge in [0, 0.05) is 50.0 Å². The fraction of sp³-hybridized carbons (Fsp3) is 0.519. The number of carbonyl (C=O) groups is 1. The van der Waals surface area contributed by atoms with Crippen LogP contribution in [-0.2, 0) is 17.8 Å². The summed E-state index contributed by atoms with van der Waals surface area (Å²) in [6.45, 7) is 8.74. The first-order chi connectivity index (χ1) is 16.0. The maximum Gasteiger partial charge on any atom is 0.239 e. The van der Waals surface area contributed by atoms with Gasteiger partial charge in [0.05, 0.1) is 6.04 Å². The van der Waals surface area contributed by atoms with Crippen LogP contribution in [0, 0.1) is 5.92 Å². The van der Waals surface area contributed by atoms with Crippen molar-refractivity contribution in [3.8, 4) is 0 Å². The Morgan fingerprint density at radius 2 is 1.79 bits per heavy atom. The molecule has 33 heavy (non-hydrogen) atoms. The standard InChI is InChI=1S/C27H37ClN4O/c1-2-13-30(19-22-7-8-22)20-23-5-3-4-6-26(23)31-14-16-32(17-15-31)27(33)25(29)18-21-9-11-24(28)12-10-21/h3-6,9-12,22,25H,2,7-8,13-20,29H2,1H3. The molecule has 2 aromatic rings. The van der Waals surface area contributed by atoms with Crippen molar-refractivity contribution in [1.82, 2.24) is 9.80 Å². The minimum absolute atomic E-state index is 0.0384. The molecule has 0 spiro atoms. The van der Waals surface area contributed by atoms with E-state index >= 15 is 0 Å². The quantitative estimate of drug-likeness (QED) is 0.568. The van der Waals surface area contributed by atoms with Gasteiger partial charge < -0.3 is 15.5 Å². The lowest BCUT2D eigenvalue weighted by Crippen LogP contribution is -2.53. The average molecular weight is 469 g/mol. The second kappa shape index (κ2) is 11.4. The SMILES string of the molecule is CCCN(Cc1ccccc1N1CCN(C(=O)C(N)Cc2ccc(Cl)cc2)CC1)CC1CC1. The molecular weight excluding hydrogens is 432 g/mol. The molecule has 1 amide bonds. The number of nitrogens with zero attached hydrogens (tertiary/aromatic N) is 3. The fourth-order valence-electron chi connectivity index (χ4n) is 4.77. The van der Waals surface area contributed by atoms with Crippen LogP contribution in [0.15, 0.2) is 48.5 Å². The van der Waals surface area contributed by atoms with Gasteiger partial charge in [0.15, 0.2) is 0 Å². The lowest BCUT2D eigenvalue weighted by molar-refractivity contribution is -0.132. The Labute approximate surface area is 203 Å². The molecule has 178 valence electrons. The molecular formula is C27H37ClN4O. The van der Waals surface area contributed by atoms with E-state index < -0.39 is 6.04 Å². The Morgan fingerprint density at radius 1 is 1.09 bits per heavy atom. The summed E-state index contributed by atoms with van der Waals surface area (Å²) in [5.41, 5.74) is 10.0. The number of rotatable bonds is 10. The minimum Gasteiger partial charge on any atom is -0.368 e. The van der Waals surface area contributed by atoms with Crippen LogP contribution in [0.25, 0.3) is 0 Å². The van der Waals surface area contributed by atoms with E-state index in [0.29, 0.717) is 24.5 Å². The monoisotopic (exact) mass is 468 g/mol. The van der Waals surface area contributed by atoms with Crippen molar-refractivity contribution in [3.63, 3.8) is 0 Å². The summed E-state index contributed by atoms with van der Waals surface area (Å²) < 4.78 is 0. The highest BCUT2D eigenvalue weighted by atomic mass is 35.5.